The quantitative estimate of drug-likeness (QED) is 0.110. The Labute approximate surface area is 251 Å². The summed E-state index contributed by atoms with van der Waals surface area (Å²) in [6.07, 6.45) is 0.307. The van der Waals surface area contributed by atoms with Gasteiger partial charge in [0.05, 0.1) is 24.8 Å². The van der Waals surface area contributed by atoms with Gasteiger partial charge in [0, 0.05) is 17.7 Å². The molecule has 1 saturated carbocycles. The van der Waals surface area contributed by atoms with E-state index in [-0.39, 0.29) is 30.0 Å². The number of carbonyl (C=O) groups excluding carboxylic acids is 2. The lowest BCUT2D eigenvalue weighted by molar-refractivity contribution is -0.143. The van der Waals surface area contributed by atoms with Gasteiger partial charge in [0.2, 0.25) is 5.91 Å². The van der Waals surface area contributed by atoms with Crippen LogP contribution in [0, 0.1) is 5.92 Å². The second-order valence-corrected chi connectivity index (χ2v) is 10.6. The molecule has 3 aromatic carbocycles. The van der Waals surface area contributed by atoms with Crippen LogP contribution in [0.2, 0.25) is 0 Å². The van der Waals surface area contributed by atoms with Crippen LogP contribution in [0.4, 0.5) is 32.0 Å². The van der Waals surface area contributed by atoms with Crippen molar-refractivity contribution in [2.75, 3.05) is 12.0 Å². The Bertz CT molecular complexity index is 1480. The van der Waals surface area contributed by atoms with Crippen molar-refractivity contribution in [3.05, 3.63) is 106 Å². The molecule has 1 amide bonds. The van der Waals surface area contributed by atoms with Gasteiger partial charge >= 0.3 is 18.3 Å². The van der Waals surface area contributed by atoms with Crippen LogP contribution in [-0.4, -0.2) is 19.0 Å². The summed E-state index contributed by atoms with van der Waals surface area (Å²) in [5.74, 6) is -0.629. The minimum atomic E-state index is -4.93. The number of alkyl halides is 6. The van der Waals surface area contributed by atoms with Crippen LogP contribution in [0.25, 0.3) is 18.2 Å². The Kier molecular flexibility index (Phi) is 10.3. The molecule has 0 unspecified atom stereocenters. The van der Waals surface area contributed by atoms with Crippen molar-refractivity contribution in [3.63, 3.8) is 0 Å². The molecule has 10 heteroatoms. The van der Waals surface area contributed by atoms with Crippen molar-refractivity contribution < 1.29 is 40.7 Å². The number of halogens is 6. The molecule has 44 heavy (non-hydrogen) atoms. The number of amides is 1. The van der Waals surface area contributed by atoms with Crippen LogP contribution in [0.5, 0.6) is 0 Å². The van der Waals surface area contributed by atoms with Gasteiger partial charge in [-0.15, -0.1) is 0 Å². The zero-order valence-electron chi connectivity index (χ0n) is 23.9. The molecule has 0 N–H and O–H groups in total. The van der Waals surface area contributed by atoms with E-state index in [0.717, 1.165) is 37.7 Å². The molecule has 1 aliphatic rings. The van der Waals surface area contributed by atoms with Crippen LogP contribution in [0.1, 0.15) is 65.5 Å². The Hall–Kier alpha value is -4.34. The summed E-state index contributed by atoms with van der Waals surface area (Å²) in [6, 6.07) is 15.5. The summed E-state index contributed by atoms with van der Waals surface area (Å²) in [4.78, 5) is 27.0. The van der Waals surface area contributed by atoms with Crippen LogP contribution < -0.4 is 4.90 Å². The normalized spacial score (nSPS) is 14.7. The van der Waals surface area contributed by atoms with Crippen LogP contribution in [0.3, 0.4) is 0 Å². The lowest BCUT2D eigenvalue weighted by Gasteiger charge is -2.30. The van der Waals surface area contributed by atoms with E-state index in [4.69, 9.17) is 0 Å². The summed E-state index contributed by atoms with van der Waals surface area (Å²) in [6.45, 7) is 0.242. The first kappa shape index (κ1) is 32.6. The highest BCUT2D eigenvalue weighted by Crippen LogP contribution is 2.37. The molecule has 0 aliphatic heterocycles. The van der Waals surface area contributed by atoms with Crippen LogP contribution >= 0.6 is 0 Å². The Morgan fingerprint density at radius 3 is 1.98 bits per heavy atom. The number of ether oxygens (including phenoxy) is 1. The maximum atomic E-state index is 13.7. The van der Waals surface area contributed by atoms with Crippen molar-refractivity contribution in [3.8, 4) is 0 Å². The average Bonchev–Trinajstić information content (AvgIpc) is 3.01. The molecule has 0 heterocycles. The van der Waals surface area contributed by atoms with E-state index < -0.39 is 29.4 Å². The van der Waals surface area contributed by atoms with Gasteiger partial charge in [-0.3, -0.25) is 4.79 Å². The summed E-state index contributed by atoms with van der Waals surface area (Å²) >= 11 is 0. The SMILES string of the molecule is COC(=O)/C=C/c1cccc(N(Cc2ccc(/C=C/c3cc(C(F)(F)F)cc(C(F)(F)F)c3)cc2)C(=O)C2CCCCC2)c1. The molecule has 0 aromatic heterocycles. The second kappa shape index (κ2) is 14.0. The number of hydrogen-bond donors (Lipinski definition) is 0. The molecule has 4 nitrogen and oxygen atoms in total. The van der Waals surface area contributed by atoms with E-state index in [1.165, 1.54) is 25.3 Å². The molecule has 232 valence electrons. The minimum Gasteiger partial charge on any atom is -0.466 e. The standard InChI is InChI=1S/C34H31F6NO3/c1-44-31(42)17-16-24-6-5-9-30(20-24)41(32(43)27-7-3-2-4-8-27)22-25-13-10-23(11-14-25)12-15-26-18-28(33(35,36)37)21-29(19-26)34(38,39)40/h5-6,9-21,27H,2-4,7-8,22H2,1H3/b15-12+,17-16+. The van der Waals surface area contributed by atoms with E-state index in [2.05, 4.69) is 4.74 Å². The first-order valence-corrected chi connectivity index (χ1v) is 14.1. The smallest absolute Gasteiger partial charge is 0.416 e. The highest BCUT2D eigenvalue weighted by molar-refractivity contribution is 5.95. The number of hydrogen-bond acceptors (Lipinski definition) is 3. The summed E-state index contributed by atoms with van der Waals surface area (Å²) in [7, 11) is 1.28. The Morgan fingerprint density at radius 1 is 0.773 bits per heavy atom. The molecule has 4 rings (SSSR count). The highest BCUT2D eigenvalue weighted by atomic mass is 19.4. The number of rotatable bonds is 8. The van der Waals surface area contributed by atoms with Gasteiger partial charge in [0.15, 0.2) is 0 Å². The molecule has 3 aromatic rings. The number of esters is 1. The number of nitrogens with zero attached hydrogens (tertiary/aromatic N) is 1. The largest absolute Gasteiger partial charge is 0.466 e. The fourth-order valence-corrected chi connectivity index (χ4v) is 5.08. The monoisotopic (exact) mass is 615 g/mol. The maximum Gasteiger partial charge on any atom is 0.416 e. The molecule has 0 saturated heterocycles. The van der Waals surface area contributed by atoms with Gasteiger partial charge in [-0.1, -0.05) is 67.8 Å². The third-order valence-electron chi connectivity index (χ3n) is 7.41. The number of benzene rings is 3. The van der Waals surface area contributed by atoms with Gasteiger partial charge in [-0.25, -0.2) is 4.79 Å². The van der Waals surface area contributed by atoms with E-state index in [9.17, 15) is 35.9 Å². The Balaban J connectivity index is 1.58. The summed E-state index contributed by atoms with van der Waals surface area (Å²) in [5, 5.41) is 0. The Morgan fingerprint density at radius 2 is 1.39 bits per heavy atom. The molecule has 0 bridgehead atoms. The molecule has 0 radical (unpaired) electrons. The number of methoxy groups -OCH3 is 1. The summed E-state index contributed by atoms with van der Waals surface area (Å²) in [5.41, 5.74) is -0.300. The van der Waals surface area contributed by atoms with Crippen molar-refractivity contribution in [2.24, 2.45) is 5.92 Å². The zero-order chi connectivity index (χ0) is 31.9. The third-order valence-corrected chi connectivity index (χ3v) is 7.41. The fraction of sp³-hybridized carbons (Fsp3) is 0.294. The van der Waals surface area contributed by atoms with Crippen LogP contribution in [0.15, 0.2) is 72.8 Å². The lowest BCUT2D eigenvalue weighted by atomic mass is 9.88. The average molecular weight is 616 g/mol. The van der Waals surface area contributed by atoms with Crippen molar-refractivity contribution in [1.82, 2.24) is 0 Å². The zero-order valence-corrected chi connectivity index (χ0v) is 23.9. The lowest BCUT2D eigenvalue weighted by Crippen LogP contribution is -2.36. The van der Waals surface area contributed by atoms with Gasteiger partial charge in [0.1, 0.15) is 0 Å². The van der Waals surface area contributed by atoms with Crippen molar-refractivity contribution >= 4 is 35.8 Å². The second-order valence-electron chi connectivity index (χ2n) is 10.6. The molecule has 1 aliphatic carbocycles. The third kappa shape index (κ3) is 8.84. The molecule has 0 atom stereocenters. The minimum absolute atomic E-state index is 0.00668. The predicted molar refractivity (Wildman–Crippen MR) is 157 cm³/mol. The van der Waals surface area contributed by atoms with E-state index in [1.807, 2.05) is 12.1 Å². The fourth-order valence-electron chi connectivity index (χ4n) is 5.08. The van der Waals surface area contributed by atoms with Gasteiger partial charge < -0.3 is 9.64 Å². The molecule has 0 spiro atoms. The number of anilines is 1. The van der Waals surface area contributed by atoms with Crippen LogP contribution in [-0.2, 0) is 33.2 Å². The van der Waals surface area contributed by atoms with E-state index in [1.54, 1.807) is 47.4 Å². The topological polar surface area (TPSA) is 46.6 Å². The van der Waals surface area contributed by atoms with Crippen molar-refractivity contribution in [1.29, 1.82) is 0 Å². The molecular formula is C34H31F6NO3. The molecular weight excluding hydrogens is 584 g/mol. The van der Waals surface area contributed by atoms with Gasteiger partial charge in [0.25, 0.3) is 0 Å². The van der Waals surface area contributed by atoms with E-state index in [0.29, 0.717) is 28.9 Å². The maximum absolute atomic E-state index is 13.7. The first-order valence-electron chi connectivity index (χ1n) is 14.1. The van der Waals surface area contributed by atoms with E-state index >= 15 is 0 Å². The van der Waals surface area contributed by atoms with Gasteiger partial charge in [-0.2, -0.15) is 26.3 Å². The highest BCUT2D eigenvalue weighted by Gasteiger charge is 2.36. The molecule has 1 fully saturated rings. The van der Waals surface area contributed by atoms with Crippen molar-refractivity contribution in [2.45, 2.75) is 51.0 Å². The predicted octanol–water partition coefficient (Wildman–Crippen LogP) is 9.19. The first-order chi connectivity index (χ1) is 20.8. The number of carbonyl (C=O) groups is 2. The van der Waals surface area contributed by atoms with Gasteiger partial charge in [-0.05, 0) is 71.5 Å². The summed E-state index contributed by atoms with van der Waals surface area (Å²) < 4.78 is 83.9.